The van der Waals surface area contributed by atoms with Crippen LogP contribution in [0.25, 0.3) is 0 Å². The van der Waals surface area contributed by atoms with Crippen molar-refractivity contribution >= 4 is 22.7 Å². The largest absolute Gasteiger partial charge is 0.397 e. The molecule has 3 N–H and O–H groups in total. The second-order valence-electron chi connectivity index (χ2n) is 3.46. The second kappa shape index (κ2) is 4.99. The van der Waals surface area contributed by atoms with Crippen LogP contribution in [-0.4, -0.2) is 6.54 Å². The van der Waals surface area contributed by atoms with E-state index in [9.17, 15) is 4.39 Å². The van der Waals surface area contributed by atoms with Crippen molar-refractivity contribution < 1.29 is 4.39 Å². The van der Waals surface area contributed by atoms with Crippen molar-refractivity contribution in [3.8, 4) is 0 Å². The van der Waals surface area contributed by atoms with Crippen LogP contribution in [0.1, 0.15) is 4.88 Å². The Labute approximate surface area is 97.9 Å². The highest BCUT2D eigenvalue weighted by molar-refractivity contribution is 7.09. The lowest BCUT2D eigenvalue weighted by Gasteiger charge is -2.09. The van der Waals surface area contributed by atoms with Crippen molar-refractivity contribution in [1.82, 2.24) is 0 Å². The first-order chi connectivity index (χ1) is 7.77. The SMILES string of the molecule is Nc1cccc(F)c1NCCc1cccs1. The van der Waals surface area contributed by atoms with Gasteiger partial charge in [0.1, 0.15) is 5.82 Å². The van der Waals surface area contributed by atoms with Gasteiger partial charge in [0, 0.05) is 11.4 Å². The molecule has 0 atom stereocenters. The molecule has 0 radical (unpaired) electrons. The predicted octanol–water partition coefficient (Wildman–Crippen LogP) is 3.12. The van der Waals surface area contributed by atoms with Crippen LogP contribution in [0.2, 0.25) is 0 Å². The van der Waals surface area contributed by atoms with E-state index in [0.717, 1.165) is 6.42 Å². The summed E-state index contributed by atoms with van der Waals surface area (Å²) in [5, 5.41) is 5.06. The third-order valence-electron chi connectivity index (χ3n) is 2.30. The Balaban J connectivity index is 1.95. The van der Waals surface area contributed by atoms with Crippen molar-refractivity contribution in [2.75, 3.05) is 17.6 Å². The minimum Gasteiger partial charge on any atom is -0.397 e. The number of hydrogen-bond acceptors (Lipinski definition) is 3. The van der Waals surface area contributed by atoms with Gasteiger partial charge in [-0.05, 0) is 30.0 Å². The summed E-state index contributed by atoms with van der Waals surface area (Å²) >= 11 is 1.70. The molecule has 2 rings (SSSR count). The summed E-state index contributed by atoms with van der Waals surface area (Å²) in [5.74, 6) is -0.300. The number of benzene rings is 1. The van der Waals surface area contributed by atoms with E-state index >= 15 is 0 Å². The smallest absolute Gasteiger partial charge is 0.148 e. The maximum absolute atomic E-state index is 13.4. The topological polar surface area (TPSA) is 38.0 Å². The van der Waals surface area contributed by atoms with E-state index in [4.69, 9.17) is 5.73 Å². The fourth-order valence-electron chi connectivity index (χ4n) is 1.49. The molecule has 0 aliphatic heterocycles. The number of nitrogens with two attached hydrogens (primary N) is 1. The Morgan fingerprint density at radius 1 is 1.25 bits per heavy atom. The van der Waals surface area contributed by atoms with Gasteiger partial charge in [0.15, 0.2) is 0 Å². The van der Waals surface area contributed by atoms with Gasteiger partial charge in [0.05, 0.1) is 11.4 Å². The minimum atomic E-state index is -0.300. The summed E-state index contributed by atoms with van der Waals surface area (Å²) in [5.41, 5.74) is 6.53. The molecular formula is C12H13FN2S. The molecule has 0 unspecified atom stereocenters. The molecule has 0 aliphatic carbocycles. The molecule has 0 bridgehead atoms. The number of nitrogens with one attached hydrogen (secondary N) is 1. The van der Waals surface area contributed by atoms with Crippen LogP contribution in [0.15, 0.2) is 35.7 Å². The molecule has 4 heteroatoms. The highest BCUT2D eigenvalue weighted by Crippen LogP contribution is 2.21. The monoisotopic (exact) mass is 236 g/mol. The Morgan fingerprint density at radius 2 is 2.12 bits per heavy atom. The van der Waals surface area contributed by atoms with E-state index in [1.54, 1.807) is 23.5 Å². The van der Waals surface area contributed by atoms with Crippen LogP contribution in [0.3, 0.4) is 0 Å². The maximum Gasteiger partial charge on any atom is 0.148 e. The standard InChI is InChI=1S/C12H13FN2S/c13-10-4-1-5-11(14)12(10)15-7-6-9-3-2-8-16-9/h1-5,8,15H,6-7,14H2. The van der Waals surface area contributed by atoms with E-state index in [2.05, 4.69) is 11.4 Å². The lowest BCUT2D eigenvalue weighted by Crippen LogP contribution is -2.07. The molecule has 0 saturated heterocycles. The zero-order chi connectivity index (χ0) is 11.4. The lowest BCUT2D eigenvalue weighted by atomic mass is 10.2. The molecule has 1 aromatic carbocycles. The summed E-state index contributed by atoms with van der Waals surface area (Å²) in [4.78, 5) is 1.28. The molecule has 84 valence electrons. The van der Waals surface area contributed by atoms with Gasteiger partial charge in [0.25, 0.3) is 0 Å². The number of thiophene rings is 1. The Bertz CT molecular complexity index is 434. The first kappa shape index (κ1) is 11.0. The highest BCUT2D eigenvalue weighted by atomic mass is 32.1. The van der Waals surface area contributed by atoms with Crippen LogP contribution >= 0.6 is 11.3 Å². The third kappa shape index (κ3) is 2.52. The zero-order valence-electron chi connectivity index (χ0n) is 8.74. The van der Waals surface area contributed by atoms with Gasteiger partial charge in [-0.25, -0.2) is 4.39 Å². The van der Waals surface area contributed by atoms with Crippen molar-refractivity contribution in [2.24, 2.45) is 0 Å². The molecule has 0 saturated carbocycles. The van der Waals surface area contributed by atoms with Gasteiger partial charge in [-0.2, -0.15) is 0 Å². The average molecular weight is 236 g/mol. The summed E-state index contributed by atoms with van der Waals surface area (Å²) in [7, 11) is 0. The molecular weight excluding hydrogens is 223 g/mol. The van der Waals surface area contributed by atoms with Gasteiger partial charge in [-0.3, -0.25) is 0 Å². The Hall–Kier alpha value is -1.55. The van der Waals surface area contributed by atoms with Crippen LogP contribution in [0.5, 0.6) is 0 Å². The number of nitrogen functional groups attached to an aromatic ring is 1. The highest BCUT2D eigenvalue weighted by Gasteiger charge is 2.04. The molecule has 0 aliphatic rings. The van der Waals surface area contributed by atoms with Crippen LogP contribution in [0, 0.1) is 5.82 Å². The van der Waals surface area contributed by atoms with Crippen LogP contribution in [0.4, 0.5) is 15.8 Å². The van der Waals surface area contributed by atoms with Gasteiger partial charge >= 0.3 is 0 Å². The fraction of sp³-hybridized carbons (Fsp3) is 0.167. The Kier molecular flexibility index (Phi) is 3.41. The molecule has 2 aromatic rings. The number of rotatable bonds is 4. The van der Waals surface area contributed by atoms with Crippen molar-refractivity contribution in [3.05, 3.63) is 46.4 Å². The van der Waals surface area contributed by atoms with Crippen molar-refractivity contribution in [3.63, 3.8) is 0 Å². The fourth-order valence-corrected chi connectivity index (χ4v) is 2.20. The molecule has 1 heterocycles. The molecule has 0 fully saturated rings. The number of hydrogen-bond donors (Lipinski definition) is 2. The molecule has 1 aromatic heterocycles. The van der Waals surface area contributed by atoms with Crippen molar-refractivity contribution in [1.29, 1.82) is 0 Å². The van der Waals surface area contributed by atoms with Crippen molar-refractivity contribution in [2.45, 2.75) is 6.42 Å². The van der Waals surface area contributed by atoms with E-state index in [1.165, 1.54) is 10.9 Å². The maximum atomic E-state index is 13.4. The average Bonchev–Trinajstić information content (AvgIpc) is 2.75. The first-order valence-electron chi connectivity index (χ1n) is 5.07. The summed E-state index contributed by atoms with van der Waals surface area (Å²) in [6.07, 6.45) is 0.880. The lowest BCUT2D eigenvalue weighted by molar-refractivity contribution is 0.631. The summed E-state index contributed by atoms with van der Waals surface area (Å²) < 4.78 is 13.4. The van der Waals surface area contributed by atoms with E-state index in [-0.39, 0.29) is 5.82 Å². The molecule has 2 nitrogen and oxygen atoms in total. The first-order valence-corrected chi connectivity index (χ1v) is 5.95. The normalized spacial score (nSPS) is 10.3. The molecule has 0 amide bonds. The van der Waals surface area contributed by atoms with E-state index in [1.807, 2.05) is 11.4 Å². The van der Waals surface area contributed by atoms with Crippen LogP contribution in [-0.2, 0) is 6.42 Å². The quantitative estimate of drug-likeness (QED) is 0.800. The van der Waals surface area contributed by atoms with E-state index in [0.29, 0.717) is 17.9 Å². The van der Waals surface area contributed by atoms with Gasteiger partial charge in [-0.1, -0.05) is 12.1 Å². The summed E-state index contributed by atoms with van der Waals surface area (Å²) in [6.45, 7) is 0.686. The molecule has 16 heavy (non-hydrogen) atoms. The third-order valence-corrected chi connectivity index (χ3v) is 3.24. The molecule has 0 spiro atoms. The van der Waals surface area contributed by atoms with E-state index < -0.39 is 0 Å². The minimum absolute atomic E-state index is 0.300. The number of para-hydroxylation sites is 1. The summed E-state index contributed by atoms with van der Waals surface area (Å²) in [6, 6.07) is 8.78. The number of anilines is 2. The van der Waals surface area contributed by atoms with Gasteiger partial charge in [0.2, 0.25) is 0 Å². The predicted molar refractivity (Wildman–Crippen MR) is 67.3 cm³/mol. The number of halogens is 1. The van der Waals surface area contributed by atoms with Crippen LogP contribution < -0.4 is 11.1 Å². The Morgan fingerprint density at radius 3 is 2.81 bits per heavy atom. The zero-order valence-corrected chi connectivity index (χ0v) is 9.56. The second-order valence-corrected chi connectivity index (χ2v) is 4.49. The van der Waals surface area contributed by atoms with Gasteiger partial charge < -0.3 is 11.1 Å². The van der Waals surface area contributed by atoms with Gasteiger partial charge in [-0.15, -0.1) is 11.3 Å².